The van der Waals surface area contributed by atoms with E-state index in [1.165, 1.54) is 22.8 Å². The molecule has 0 bridgehead atoms. The first-order valence-corrected chi connectivity index (χ1v) is 15.4. The molecule has 2 fully saturated rings. The Labute approximate surface area is 265 Å². The lowest BCUT2D eigenvalue weighted by atomic mass is 9.58. The van der Waals surface area contributed by atoms with Gasteiger partial charge in [-0.05, 0) is 79.5 Å². The fourth-order valence-electron chi connectivity index (χ4n) is 7.33. The summed E-state index contributed by atoms with van der Waals surface area (Å²) < 4.78 is 59.9. The third-order valence-corrected chi connectivity index (χ3v) is 9.68. The number of amides is 2. The van der Waals surface area contributed by atoms with Crippen molar-refractivity contribution in [3.63, 3.8) is 0 Å². The first-order chi connectivity index (χ1) is 21.8. The average molecular weight is 637 g/mol. The molecular weight excluding hydrogens is 600 g/mol. The Morgan fingerprint density at radius 1 is 1.20 bits per heavy atom. The van der Waals surface area contributed by atoms with E-state index in [9.17, 15) is 27.2 Å². The molecule has 3 aromatic rings. The molecule has 0 radical (unpaired) electrons. The van der Waals surface area contributed by atoms with E-state index < -0.39 is 47.1 Å². The second-order valence-electron chi connectivity index (χ2n) is 12.9. The SMILES string of the molecule is CC#CC(=O)N1C[C@H](CN[C@H](C)c2cc3c(c(C(F)(F)F)c2)CN(c2cccc(C4(c5nncn5C)CC(C)C4)c2)C3=O)[C@H](F)C1. The summed E-state index contributed by atoms with van der Waals surface area (Å²) in [4.78, 5) is 28.6. The molecular formula is C34H36F4N6O2. The number of carbonyl (C=O) groups excluding carboxylic acids is 2. The molecule has 1 saturated heterocycles. The van der Waals surface area contributed by atoms with Crippen molar-refractivity contribution in [3.05, 3.63) is 76.4 Å². The first kappa shape index (κ1) is 31.7. The highest BCUT2D eigenvalue weighted by Gasteiger charge is 2.48. The molecule has 46 heavy (non-hydrogen) atoms. The van der Waals surface area contributed by atoms with Crippen LogP contribution in [-0.2, 0) is 30.0 Å². The number of alkyl halides is 4. The van der Waals surface area contributed by atoms with Crippen LogP contribution < -0.4 is 10.2 Å². The van der Waals surface area contributed by atoms with Crippen LogP contribution in [0.15, 0.2) is 42.7 Å². The van der Waals surface area contributed by atoms with Gasteiger partial charge in [0.2, 0.25) is 0 Å². The zero-order valence-corrected chi connectivity index (χ0v) is 26.2. The zero-order valence-electron chi connectivity index (χ0n) is 26.2. The van der Waals surface area contributed by atoms with Crippen LogP contribution >= 0.6 is 0 Å². The molecule has 3 aliphatic rings. The fourth-order valence-corrected chi connectivity index (χ4v) is 7.33. The molecule has 1 N–H and O–H groups in total. The van der Waals surface area contributed by atoms with Gasteiger partial charge in [-0.1, -0.05) is 25.0 Å². The number of likely N-dealkylation sites (tertiary alicyclic amines) is 1. The number of fused-ring (bicyclic) bond motifs is 1. The fraction of sp³-hybridized carbons (Fsp3) is 0.471. The number of hydrogen-bond donors (Lipinski definition) is 1. The number of anilines is 1. The number of nitrogens with zero attached hydrogens (tertiary/aromatic N) is 5. The lowest BCUT2D eigenvalue weighted by Crippen LogP contribution is -2.43. The summed E-state index contributed by atoms with van der Waals surface area (Å²) in [6.45, 7) is 5.39. The van der Waals surface area contributed by atoms with Crippen molar-refractivity contribution in [1.82, 2.24) is 25.0 Å². The highest BCUT2D eigenvalue weighted by molar-refractivity contribution is 6.10. The Balaban J connectivity index is 1.25. The minimum Gasteiger partial charge on any atom is -0.329 e. The second kappa shape index (κ2) is 11.8. The van der Waals surface area contributed by atoms with Gasteiger partial charge in [-0.2, -0.15) is 13.2 Å². The number of hydrogen-bond acceptors (Lipinski definition) is 5. The van der Waals surface area contributed by atoms with Crippen molar-refractivity contribution in [2.45, 2.75) is 64.0 Å². The number of aryl methyl sites for hydroxylation is 1. The molecule has 1 aliphatic carbocycles. The summed E-state index contributed by atoms with van der Waals surface area (Å²) in [7, 11) is 1.89. The highest BCUT2D eigenvalue weighted by Crippen LogP contribution is 2.52. The maximum Gasteiger partial charge on any atom is 0.416 e. The van der Waals surface area contributed by atoms with E-state index in [1.807, 2.05) is 29.8 Å². The molecule has 2 aliphatic heterocycles. The van der Waals surface area contributed by atoms with E-state index >= 15 is 0 Å². The molecule has 1 saturated carbocycles. The summed E-state index contributed by atoms with van der Waals surface area (Å²) in [5.41, 5.74) is 0.419. The van der Waals surface area contributed by atoms with Gasteiger partial charge in [0.05, 0.1) is 24.1 Å². The van der Waals surface area contributed by atoms with E-state index in [4.69, 9.17) is 0 Å². The summed E-state index contributed by atoms with van der Waals surface area (Å²) >= 11 is 0. The molecule has 1 aromatic heterocycles. The first-order valence-electron chi connectivity index (χ1n) is 15.4. The van der Waals surface area contributed by atoms with Gasteiger partial charge in [0.25, 0.3) is 11.8 Å². The Morgan fingerprint density at radius 3 is 2.61 bits per heavy atom. The lowest BCUT2D eigenvalue weighted by molar-refractivity contribution is -0.138. The van der Waals surface area contributed by atoms with Gasteiger partial charge in [-0.25, -0.2) is 4.39 Å². The molecule has 0 spiro atoms. The van der Waals surface area contributed by atoms with E-state index in [2.05, 4.69) is 34.3 Å². The minimum absolute atomic E-state index is 0.00306. The molecule has 3 atom stereocenters. The predicted octanol–water partition coefficient (Wildman–Crippen LogP) is 5.18. The number of aromatic nitrogens is 3. The number of benzene rings is 2. The number of carbonyl (C=O) groups is 2. The maximum absolute atomic E-state index is 14.7. The molecule has 242 valence electrons. The van der Waals surface area contributed by atoms with E-state index in [-0.39, 0.29) is 42.9 Å². The van der Waals surface area contributed by atoms with Gasteiger partial charge in [-0.15, -0.1) is 10.2 Å². The van der Waals surface area contributed by atoms with Crippen molar-refractivity contribution >= 4 is 17.5 Å². The van der Waals surface area contributed by atoms with E-state index in [0.29, 0.717) is 11.6 Å². The van der Waals surface area contributed by atoms with Crippen LogP contribution in [0, 0.1) is 23.7 Å². The predicted molar refractivity (Wildman–Crippen MR) is 163 cm³/mol. The molecule has 0 unspecified atom stereocenters. The van der Waals surface area contributed by atoms with Gasteiger partial charge in [0.1, 0.15) is 18.3 Å². The quantitative estimate of drug-likeness (QED) is 0.286. The second-order valence-corrected chi connectivity index (χ2v) is 12.9. The van der Waals surface area contributed by atoms with Crippen LogP contribution in [0.25, 0.3) is 0 Å². The van der Waals surface area contributed by atoms with Crippen molar-refractivity contribution in [1.29, 1.82) is 0 Å². The molecule has 2 aromatic carbocycles. The summed E-state index contributed by atoms with van der Waals surface area (Å²) in [6, 6.07) is 9.41. The third-order valence-electron chi connectivity index (χ3n) is 9.68. The highest BCUT2D eigenvalue weighted by atomic mass is 19.4. The van der Waals surface area contributed by atoms with Gasteiger partial charge >= 0.3 is 6.18 Å². The Hall–Kier alpha value is -4.24. The van der Waals surface area contributed by atoms with Crippen LogP contribution in [-0.4, -0.2) is 57.3 Å². The smallest absolute Gasteiger partial charge is 0.329 e. The Morgan fingerprint density at radius 2 is 1.96 bits per heavy atom. The molecule has 12 heteroatoms. The van der Waals surface area contributed by atoms with Crippen molar-refractivity contribution < 1.29 is 27.2 Å². The van der Waals surface area contributed by atoms with Gasteiger partial charge < -0.3 is 19.7 Å². The zero-order chi connectivity index (χ0) is 33.0. The minimum atomic E-state index is -4.69. The standard InChI is InChI=1S/C34H36F4N6O2/c1-5-7-30(45)43-16-23(29(35)18-43)15-39-21(3)22-10-26-27(28(11-22)34(36,37)38)17-44(31(26)46)25-9-6-8-24(12-25)33(13-20(2)14-33)32-41-40-19-42(32)4/h6,8-12,19-21,23,29,39H,13-18H2,1-4H3/t20?,21-,23+,29-,33?/m1/s1. The topological polar surface area (TPSA) is 83.4 Å². The van der Waals surface area contributed by atoms with Gasteiger partial charge in [-0.3, -0.25) is 9.59 Å². The van der Waals surface area contributed by atoms with Crippen molar-refractivity contribution in [3.8, 4) is 11.8 Å². The molecule has 6 rings (SSSR count). The van der Waals surface area contributed by atoms with Crippen LogP contribution in [0.2, 0.25) is 0 Å². The van der Waals surface area contributed by atoms with Crippen molar-refractivity contribution in [2.75, 3.05) is 24.5 Å². The monoisotopic (exact) mass is 636 g/mol. The molecule has 8 nitrogen and oxygen atoms in total. The summed E-state index contributed by atoms with van der Waals surface area (Å²) in [5, 5.41) is 11.6. The van der Waals surface area contributed by atoms with Crippen LogP contribution in [0.1, 0.15) is 78.1 Å². The van der Waals surface area contributed by atoms with Gasteiger partial charge in [0.15, 0.2) is 0 Å². The Bertz CT molecular complexity index is 1730. The molecule has 2 amide bonds. The normalized spacial score (nSPS) is 24.8. The number of nitrogens with one attached hydrogen (secondary N) is 1. The van der Waals surface area contributed by atoms with Crippen molar-refractivity contribution in [2.24, 2.45) is 18.9 Å². The number of halogens is 4. The van der Waals surface area contributed by atoms with E-state index in [1.54, 1.807) is 19.3 Å². The lowest BCUT2D eigenvalue weighted by Gasteiger charge is -2.46. The van der Waals surface area contributed by atoms with Crippen LogP contribution in [0.4, 0.5) is 23.2 Å². The van der Waals surface area contributed by atoms with Gasteiger partial charge in [0, 0.05) is 43.3 Å². The Kier molecular flexibility index (Phi) is 8.17. The van der Waals surface area contributed by atoms with Crippen LogP contribution in [0.5, 0.6) is 0 Å². The number of rotatable bonds is 7. The average Bonchev–Trinajstić information content (AvgIpc) is 3.70. The third kappa shape index (κ3) is 5.55. The summed E-state index contributed by atoms with van der Waals surface area (Å²) in [5.74, 6) is 4.71. The van der Waals surface area contributed by atoms with E-state index in [0.717, 1.165) is 30.3 Å². The maximum atomic E-state index is 14.7. The van der Waals surface area contributed by atoms with Crippen LogP contribution in [0.3, 0.4) is 0 Å². The summed E-state index contributed by atoms with van der Waals surface area (Å²) in [6.07, 6.45) is -2.64. The largest absolute Gasteiger partial charge is 0.416 e. The molecule has 3 heterocycles.